The molecule has 1 aromatic rings. The maximum absolute atomic E-state index is 13.3. The van der Waals surface area contributed by atoms with Gasteiger partial charge in [-0.25, -0.2) is 13.2 Å². The summed E-state index contributed by atoms with van der Waals surface area (Å²) in [6.45, 7) is 4.52. The molecule has 1 heterocycles. The lowest BCUT2D eigenvalue weighted by molar-refractivity contribution is -0.143. The van der Waals surface area contributed by atoms with Crippen LogP contribution in [0.4, 0.5) is 0 Å². The van der Waals surface area contributed by atoms with Gasteiger partial charge in [-0.15, -0.1) is 0 Å². The van der Waals surface area contributed by atoms with E-state index in [-0.39, 0.29) is 22.6 Å². The highest BCUT2D eigenvalue weighted by molar-refractivity contribution is 7.98. The van der Waals surface area contributed by atoms with Crippen LogP contribution in [0.3, 0.4) is 0 Å². The minimum absolute atomic E-state index is 0.109. The molecule has 9 nitrogen and oxygen atoms in total. The first-order valence-corrected chi connectivity index (χ1v) is 15.4. The highest BCUT2D eigenvalue weighted by Gasteiger charge is 2.34. The van der Waals surface area contributed by atoms with Crippen LogP contribution >= 0.6 is 11.8 Å². The zero-order chi connectivity index (χ0) is 26.7. The van der Waals surface area contributed by atoms with Crippen LogP contribution in [0.1, 0.15) is 57.4 Å². The van der Waals surface area contributed by atoms with Crippen molar-refractivity contribution < 1.29 is 27.9 Å². The fraction of sp³-hybridized carbons (Fsp3) is 0.640. The quantitative estimate of drug-likeness (QED) is 0.309. The summed E-state index contributed by atoms with van der Waals surface area (Å²) >= 11 is 1.53. The summed E-state index contributed by atoms with van der Waals surface area (Å²) in [5.74, 6) is -1.41. The Hall–Kier alpha value is -2.11. The van der Waals surface area contributed by atoms with Gasteiger partial charge < -0.3 is 15.3 Å². The molecule has 2 atom stereocenters. The molecule has 0 aromatic heterocycles. The highest BCUT2D eigenvalue weighted by atomic mass is 32.2. The van der Waals surface area contributed by atoms with Crippen molar-refractivity contribution in [1.29, 1.82) is 0 Å². The van der Waals surface area contributed by atoms with Crippen LogP contribution in [-0.2, 0) is 24.4 Å². The number of aryl methyl sites for hydroxylation is 1. The van der Waals surface area contributed by atoms with Crippen LogP contribution in [0.25, 0.3) is 0 Å². The van der Waals surface area contributed by atoms with Crippen molar-refractivity contribution in [3.05, 3.63) is 29.8 Å². The molecule has 0 spiro atoms. The van der Waals surface area contributed by atoms with Gasteiger partial charge in [0.2, 0.25) is 21.8 Å². The Kier molecular flexibility index (Phi) is 12.2. The fourth-order valence-electron chi connectivity index (χ4n) is 4.17. The summed E-state index contributed by atoms with van der Waals surface area (Å²) in [4.78, 5) is 39.2. The Balaban J connectivity index is 1.99. The molecule has 0 bridgehead atoms. The van der Waals surface area contributed by atoms with E-state index in [1.807, 2.05) is 20.1 Å². The van der Waals surface area contributed by atoms with Crippen molar-refractivity contribution >= 4 is 39.6 Å². The predicted molar refractivity (Wildman–Crippen MR) is 141 cm³/mol. The molecule has 1 saturated heterocycles. The van der Waals surface area contributed by atoms with Crippen molar-refractivity contribution in [3.8, 4) is 0 Å². The second-order valence-corrected chi connectivity index (χ2v) is 12.0. The molecular weight excluding hydrogens is 502 g/mol. The maximum atomic E-state index is 13.3. The van der Waals surface area contributed by atoms with Gasteiger partial charge in [0.05, 0.1) is 4.90 Å². The van der Waals surface area contributed by atoms with E-state index < -0.39 is 28.1 Å². The molecule has 1 aromatic carbocycles. The summed E-state index contributed by atoms with van der Waals surface area (Å²) < 4.78 is 28.4. The molecule has 36 heavy (non-hydrogen) atoms. The third kappa shape index (κ3) is 9.08. The summed E-state index contributed by atoms with van der Waals surface area (Å²) in [6.07, 6.45) is 6.05. The Morgan fingerprint density at radius 1 is 1.08 bits per heavy atom. The fourth-order valence-corrected chi connectivity index (χ4v) is 5.86. The van der Waals surface area contributed by atoms with Gasteiger partial charge in [0.15, 0.2) is 0 Å². The van der Waals surface area contributed by atoms with Crippen LogP contribution in [0.5, 0.6) is 0 Å². The third-order valence-corrected chi connectivity index (χ3v) is 8.56. The molecule has 1 aliphatic rings. The van der Waals surface area contributed by atoms with Gasteiger partial charge in [0, 0.05) is 19.0 Å². The number of hydrogen-bond acceptors (Lipinski definition) is 6. The number of sulfonamides is 1. The Morgan fingerprint density at radius 3 is 2.28 bits per heavy atom. The number of thioether (sulfide) groups is 1. The van der Waals surface area contributed by atoms with E-state index in [1.165, 1.54) is 23.9 Å². The highest BCUT2D eigenvalue weighted by Crippen LogP contribution is 2.21. The number of benzene rings is 1. The average Bonchev–Trinajstić information content (AvgIpc) is 2.85. The number of nitrogens with zero attached hydrogens (tertiary/aromatic N) is 1. The van der Waals surface area contributed by atoms with Crippen LogP contribution in [0.15, 0.2) is 29.2 Å². The number of carboxylic acid groups (broad SMARTS) is 1. The van der Waals surface area contributed by atoms with E-state index in [1.54, 1.807) is 17.0 Å². The summed E-state index contributed by atoms with van der Waals surface area (Å²) in [5.41, 5.74) is 0.937. The number of amides is 2. The lowest BCUT2D eigenvalue weighted by Gasteiger charge is -2.34. The molecule has 2 unspecified atom stereocenters. The van der Waals surface area contributed by atoms with Gasteiger partial charge in [-0.05, 0) is 56.7 Å². The summed E-state index contributed by atoms with van der Waals surface area (Å²) in [6, 6.07) is 4.65. The summed E-state index contributed by atoms with van der Waals surface area (Å²) in [7, 11) is -3.87. The Bertz CT molecular complexity index is 976. The molecule has 1 fully saturated rings. The van der Waals surface area contributed by atoms with E-state index in [0.717, 1.165) is 24.8 Å². The number of likely N-dealkylation sites (tertiary alicyclic amines) is 1. The third-order valence-electron chi connectivity index (χ3n) is 6.43. The van der Waals surface area contributed by atoms with E-state index in [2.05, 4.69) is 10.0 Å². The van der Waals surface area contributed by atoms with Gasteiger partial charge in [-0.3, -0.25) is 9.59 Å². The second-order valence-electron chi connectivity index (χ2n) is 9.26. The number of nitrogens with one attached hydrogen (secondary N) is 2. The molecular formula is C25H39N3O6S2. The second kappa shape index (κ2) is 14.6. The Morgan fingerprint density at radius 2 is 1.72 bits per heavy atom. The first-order chi connectivity index (χ1) is 17.1. The van der Waals surface area contributed by atoms with Crippen molar-refractivity contribution in [3.63, 3.8) is 0 Å². The number of carbonyl (C=O) groups is 3. The van der Waals surface area contributed by atoms with Gasteiger partial charge in [-0.1, -0.05) is 43.9 Å². The van der Waals surface area contributed by atoms with Gasteiger partial charge in [0.1, 0.15) is 12.1 Å². The minimum Gasteiger partial charge on any atom is -0.480 e. The van der Waals surface area contributed by atoms with E-state index >= 15 is 0 Å². The largest absolute Gasteiger partial charge is 0.480 e. The molecule has 2 rings (SSSR count). The molecule has 0 saturated carbocycles. The van der Waals surface area contributed by atoms with Crippen LogP contribution < -0.4 is 10.0 Å². The SMILES string of the molecule is CCCCCC(NC(=O)C1CCN(C(=O)C(CCSC)NS(=O)(=O)c2ccc(C)cc2)CC1)C(=O)O. The topological polar surface area (TPSA) is 133 Å². The lowest BCUT2D eigenvalue weighted by atomic mass is 9.94. The van der Waals surface area contributed by atoms with Crippen LogP contribution in [0, 0.1) is 12.8 Å². The van der Waals surface area contributed by atoms with E-state index in [4.69, 9.17) is 0 Å². The van der Waals surface area contributed by atoms with E-state index in [9.17, 15) is 27.9 Å². The van der Waals surface area contributed by atoms with Gasteiger partial charge in [0.25, 0.3) is 0 Å². The predicted octanol–water partition coefficient (Wildman–Crippen LogP) is 2.78. The van der Waals surface area contributed by atoms with Crippen LogP contribution in [-0.4, -0.2) is 73.4 Å². The van der Waals surface area contributed by atoms with Crippen molar-refractivity contribution in [2.24, 2.45) is 5.92 Å². The van der Waals surface area contributed by atoms with Crippen molar-refractivity contribution in [1.82, 2.24) is 14.9 Å². The number of unbranched alkanes of at least 4 members (excludes halogenated alkanes) is 2. The smallest absolute Gasteiger partial charge is 0.326 e. The van der Waals surface area contributed by atoms with Gasteiger partial charge in [-0.2, -0.15) is 16.5 Å². The molecule has 0 aliphatic carbocycles. The monoisotopic (exact) mass is 541 g/mol. The zero-order valence-electron chi connectivity index (χ0n) is 21.4. The molecule has 11 heteroatoms. The first kappa shape index (κ1) is 30.1. The molecule has 2 amide bonds. The van der Waals surface area contributed by atoms with Crippen LogP contribution in [0.2, 0.25) is 0 Å². The summed E-state index contributed by atoms with van der Waals surface area (Å²) in [5, 5.41) is 12.1. The molecule has 3 N–H and O–H groups in total. The number of rotatable bonds is 14. The van der Waals surface area contributed by atoms with E-state index in [0.29, 0.717) is 44.5 Å². The average molecular weight is 542 g/mol. The first-order valence-electron chi connectivity index (χ1n) is 12.5. The number of carboxylic acids is 1. The van der Waals surface area contributed by atoms with Crippen molar-refractivity contribution in [2.75, 3.05) is 25.1 Å². The maximum Gasteiger partial charge on any atom is 0.326 e. The number of aliphatic carboxylic acids is 1. The normalized spacial score (nSPS) is 16.4. The number of piperidine rings is 1. The van der Waals surface area contributed by atoms with Crippen molar-refractivity contribution in [2.45, 2.75) is 75.8 Å². The lowest BCUT2D eigenvalue weighted by Crippen LogP contribution is -2.52. The molecule has 0 radical (unpaired) electrons. The number of hydrogen-bond donors (Lipinski definition) is 3. The minimum atomic E-state index is -3.87. The standard InChI is InChI=1S/C25H39N3O6S2/c1-4-5-6-7-22(25(31)32)26-23(29)19-12-15-28(16-13-19)24(30)21(14-17-35-3)27-36(33,34)20-10-8-18(2)9-11-20/h8-11,19,21-22,27H,4-7,12-17H2,1-3H3,(H,26,29)(H,31,32). The molecule has 1 aliphatic heterocycles. The van der Waals surface area contributed by atoms with Gasteiger partial charge >= 0.3 is 5.97 Å². The number of carbonyl (C=O) groups excluding carboxylic acids is 2. The Labute approximate surface area is 218 Å². The zero-order valence-corrected chi connectivity index (χ0v) is 23.0. The molecule has 202 valence electrons.